The van der Waals surface area contributed by atoms with E-state index in [-0.39, 0.29) is 0 Å². The Kier molecular flexibility index (Phi) is 5.11. The Labute approximate surface area is 120 Å². The molecule has 0 fully saturated rings. The molecule has 6 nitrogen and oxygen atoms in total. The van der Waals surface area contributed by atoms with Gasteiger partial charge >= 0.3 is 0 Å². The number of nitrogens with one attached hydrogen (secondary N) is 2. The molecule has 0 saturated carbocycles. The number of halogens is 2. The molecule has 2 heterocycles. The summed E-state index contributed by atoms with van der Waals surface area (Å²) in [5.41, 5.74) is 0. The Bertz CT molecular complexity index is 454. The van der Waals surface area contributed by atoms with Gasteiger partial charge < -0.3 is 10.6 Å². The van der Waals surface area contributed by atoms with E-state index in [1.165, 1.54) is 0 Å². The molecule has 0 aromatic carbocycles. The van der Waals surface area contributed by atoms with Crippen molar-refractivity contribution in [3.05, 3.63) is 34.8 Å². The van der Waals surface area contributed by atoms with E-state index in [0.29, 0.717) is 21.9 Å². The minimum atomic E-state index is 0.520. The van der Waals surface area contributed by atoms with Gasteiger partial charge in [0.2, 0.25) is 11.9 Å². The minimum Gasteiger partial charge on any atom is -0.354 e. The second-order valence-corrected chi connectivity index (χ2v) is 4.53. The van der Waals surface area contributed by atoms with Crippen LogP contribution in [-0.2, 0) is 0 Å². The fourth-order valence-corrected chi connectivity index (χ4v) is 1.49. The number of hydrogen-bond acceptors (Lipinski definition) is 6. The highest BCUT2D eigenvalue weighted by Crippen LogP contribution is 2.06. The Morgan fingerprint density at radius 3 is 1.47 bits per heavy atom. The summed E-state index contributed by atoms with van der Waals surface area (Å²) in [6.45, 7) is 1.48. The molecule has 2 aromatic heterocycles. The summed E-state index contributed by atoms with van der Waals surface area (Å²) >= 11 is 11.4. The van der Waals surface area contributed by atoms with Crippen molar-refractivity contribution >= 4 is 35.1 Å². The predicted molar refractivity (Wildman–Crippen MR) is 75.7 cm³/mol. The molecule has 0 atom stereocenters. The highest BCUT2D eigenvalue weighted by Gasteiger charge is 1.97. The molecule has 0 amide bonds. The van der Waals surface area contributed by atoms with Gasteiger partial charge in [-0.2, -0.15) is 0 Å². The third kappa shape index (κ3) is 4.84. The van der Waals surface area contributed by atoms with Gasteiger partial charge in [-0.1, -0.05) is 23.2 Å². The maximum atomic E-state index is 5.69. The summed E-state index contributed by atoms with van der Waals surface area (Å²) in [4.78, 5) is 16.1. The number of hydrogen-bond donors (Lipinski definition) is 2. The molecule has 0 aliphatic rings. The molecule has 0 spiro atoms. The first-order valence-electron chi connectivity index (χ1n) is 5.67. The summed E-state index contributed by atoms with van der Waals surface area (Å²) < 4.78 is 0. The molecule has 2 N–H and O–H groups in total. The van der Waals surface area contributed by atoms with E-state index < -0.39 is 0 Å². The van der Waals surface area contributed by atoms with Crippen LogP contribution < -0.4 is 10.6 Å². The summed E-state index contributed by atoms with van der Waals surface area (Å²) in [5, 5.41) is 7.21. The maximum absolute atomic E-state index is 5.69. The van der Waals surface area contributed by atoms with E-state index in [2.05, 4.69) is 30.6 Å². The molecule has 0 saturated heterocycles. The molecule has 2 rings (SSSR count). The SMILES string of the molecule is Clc1cnc(NCCCNc2ncc(Cl)cn2)nc1. The molecule has 0 aliphatic heterocycles. The van der Waals surface area contributed by atoms with Gasteiger partial charge in [-0.3, -0.25) is 0 Å². The average Bonchev–Trinajstić information content (AvgIpc) is 2.43. The zero-order valence-corrected chi connectivity index (χ0v) is 11.5. The summed E-state index contributed by atoms with van der Waals surface area (Å²) in [6.07, 6.45) is 7.08. The van der Waals surface area contributed by atoms with Crippen molar-refractivity contribution in [3.8, 4) is 0 Å². The molecule has 0 aliphatic carbocycles. The smallest absolute Gasteiger partial charge is 0.222 e. The van der Waals surface area contributed by atoms with Gasteiger partial charge in [-0.25, -0.2) is 19.9 Å². The van der Waals surface area contributed by atoms with Crippen LogP contribution in [0.5, 0.6) is 0 Å². The van der Waals surface area contributed by atoms with Crippen molar-refractivity contribution in [2.24, 2.45) is 0 Å². The Hall–Kier alpha value is -1.66. The fraction of sp³-hybridized carbons (Fsp3) is 0.273. The normalized spacial score (nSPS) is 10.2. The second kappa shape index (κ2) is 7.06. The van der Waals surface area contributed by atoms with Crippen molar-refractivity contribution in [3.63, 3.8) is 0 Å². The number of rotatable bonds is 6. The average molecular weight is 299 g/mol. The number of aromatic nitrogens is 4. The van der Waals surface area contributed by atoms with Crippen LogP contribution >= 0.6 is 23.2 Å². The standard InChI is InChI=1S/C11H12Cl2N6/c12-8-4-16-10(17-5-8)14-2-1-3-15-11-18-6-9(13)7-19-11/h4-7H,1-3H2,(H,14,16,17)(H,15,18,19). The third-order valence-electron chi connectivity index (χ3n) is 2.16. The largest absolute Gasteiger partial charge is 0.354 e. The van der Waals surface area contributed by atoms with E-state index in [1.807, 2.05) is 0 Å². The van der Waals surface area contributed by atoms with Crippen LogP contribution in [0.3, 0.4) is 0 Å². The Balaban J connectivity index is 1.64. The molecular weight excluding hydrogens is 287 g/mol. The monoisotopic (exact) mass is 298 g/mol. The van der Waals surface area contributed by atoms with Crippen LogP contribution in [-0.4, -0.2) is 33.0 Å². The first kappa shape index (κ1) is 13.8. The molecule has 0 bridgehead atoms. The van der Waals surface area contributed by atoms with Crippen LogP contribution in [0.25, 0.3) is 0 Å². The summed E-state index contributed by atoms with van der Waals surface area (Å²) in [7, 11) is 0. The summed E-state index contributed by atoms with van der Waals surface area (Å²) in [6, 6.07) is 0. The van der Waals surface area contributed by atoms with E-state index in [4.69, 9.17) is 23.2 Å². The van der Waals surface area contributed by atoms with E-state index in [1.54, 1.807) is 24.8 Å². The lowest BCUT2D eigenvalue weighted by atomic mass is 10.4. The van der Waals surface area contributed by atoms with Crippen molar-refractivity contribution in [1.82, 2.24) is 19.9 Å². The van der Waals surface area contributed by atoms with Crippen LogP contribution in [0.1, 0.15) is 6.42 Å². The van der Waals surface area contributed by atoms with Crippen LogP contribution in [0.4, 0.5) is 11.9 Å². The maximum Gasteiger partial charge on any atom is 0.222 e. The molecule has 100 valence electrons. The Morgan fingerprint density at radius 1 is 0.737 bits per heavy atom. The van der Waals surface area contributed by atoms with Gasteiger partial charge in [0.1, 0.15) is 0 Å². The Morgan fingerprint density at radius 2 is 1.11 bits per heavy atom. The van der Waals surface area contributed by atoms with Gasteiger partial charge in [-0.05, 0) is 6.42 Å². The quantitative estimate of drug-likeness (QED) is 0.798. The van der Waals surface area contributed by atoms with E-state index in [0.717, 1.165) is 19.5 Å². The first-order chi connectivity index (χ1) is 9.24. The predicted octanol–water partition coefficient (Wildman–Crippen LogP) is 2.49. The van der Waals surface area contributed by atoms with Crippen molar-refractivity contribution in [1.29, 1.82) is 0 Å². The van der Waals surface area contributed by atoms with Crippen LogP contribution in [0.15, 0.2) is 24.8 Å². The van der Waals surface area contributed by atoms with Gasteiger partial charge in [0.25, 0.3) is 0 Å². The topological polar surface area (TPSA) is 75.6 Å². The van der Waals surface area contributed by atoms with E-state index >= 15 is 0 Å². The molecule has 8 heteroatoms. The lowest BCUT2D eigenvalue weighted by Crippen LogP contribution is -2.11. The highest BCUT2D eigenvalue weighted by molar-refractivity contribution is 6.30. The molecule has 2 aromatic rings. The number of nitrogens with zero attached hydrogens (tertiary/aromatic N) is 4. The van der Waals surface area contributed by atoms with Gasteiger partial charge in [0.15, 0.2) is 0 Å². The molecular formula is C11H12Cl2N6. The van der Waals surface area contributed by atoms with Crippen molar-refractivity contribution in [2.45, 2.75) is 6.42 Å². The van der Waals surface area contributed by atoms with Gasteiger partial charge in [0, 0.05) is 13.1 Å². The lowest BCUT2D eigenvalue weighted by Gasteiger charge is -2.06. The highest BCUT2D eigenvalue weighted by atomic mass is 35.5. The lowest BCUT2D eigenvalue weighted by molar-refractivity contribution is 0.883. The van der Waals surface area contributed by atoms with Crippen molar-refractivity contribution < 1.29 is 0 Å². The second-order valence-electron chi connectivity index (χ2n) is 3.66. The van der Waals surface area contributed by atoms with Crippen LogP contribution in [0.2, 0.25) is 10.0 Å². The molecule has 0 unspecified atom stereocenters. The first-order valence-corrected chi connectivity index (χ1v) is 6.42. The number of anilines is 2. The van der Waals surface area contributed by atoms with E-state index in [9.17, 15) is 0 Å². The fourth-order valence-electron chi connectivity index (χ4n) is 1.30. The molecule has 19 heavy (non-hydrogen) atoms. The zero-order chi connectivity index (χ0) is 13.5. The van der Waals surface area contributed by atoms with Gasteiger partial charge in [0.05, 0.1) is 34.8 Å². The van der Waals surface area contributed by atoms with Gasteiger partial charge in [-0.15, -0.1) is 0 Å². The van der Waals surface area contributed by atoms with Crippen molar-refractivity contribution in [2.75, 3.05) is 23.7 Å². The molecule has 0 radical (unpaired) electrons. The third-order valence-corrected chi connectivity index (χ3v) is 2.55. The van der Waals surface area contributed by atoms with Crippen LogP contribution in [0, 0.1) is 0 Å². The zero-order valence-electron chi connectivity index (χ0n) is 9.98. The minimum absolute atomic E-state index is 0.520. The summed E-state index contributed by atoms with van der Waals surface area (Å²) in [5.74, 6) is 1.12.